The number of hydrogen-bond donors (Lipinski definition) is 1. The Balaban J connectivity index is 2.36. The van der Waals surface area contributed by atoms with Crippen LogP contribution in [0.25, 0.3) is 0 Å². The highest BCUT2D eigenvalue weighted by molar-refractivity contribution is 6.31. The summed E-state index contributed by atoms with van der Waals surface area (Å²) in [6, 6.07) is 5.62. The molecule has 0 saturated heterocycles. The molecule has 0 atom stereocenters. The standard InChI is InChI=1S/C15H15ClN2O2/c1-11-15(16)10-18(17-11)9-13-8-14(20-2)6-5-12(13)4-3-7-19/h5-6,8,10,19H,7,9H2,1-2H3. The van der Waals surface area contributed by atoms with Crippen LogP contribution in [0.2, 0.25) is 5.02 Å². The van der Waals surface area contributed by atoms with Crippen molar-refractivity contribution in [3.63, 3.8) is 0 Å². The van der Waals surface area contributed by atoms with Gasteiger partial charge >= 0.3 is 0 Å². The highest BCUT2D eigenvalue weighted by Gasteiger charge is 2.07. The molecule has 0 amide bonds. The lowest BCUT2D eigenvalue weighted by atomic mass is 10.1. The zero-order chi connectivity index (χ0) is 14.5. The first-order chi connectivity index (χ1) is 9.63. The first-order valence-electron chi connectivity index (χ1n) is 6.10. The zero-order valence-corrected chi connectivity index (χ0v) is 12.1. The van der Waals surface area contributed by atoms with Crippen molar-refractivity contribution in [1.29, 1.82) is 0 Å². The van der Waals surface area contributed by atoms with Gasteiger partial charge in [0, 0.05) is 11.8 Å². The maximum atomic E-state index is 8.82. The van der Waals surface area contributed by atoms with Crippen LogP contribution in [0.3, 0.4) is 0 Å². The minimum atomic E-state index is -0.168. The summed E-state index contributed by atoms with van der Waals surface area (Å²) in [5.74, 6) is 6.33. The van der Waals surface area contributed by atoms with Crippen molar-refractivity contribution in [2.75, 3.05) is 13.7 Å². The summed E-state index contributed by atoms with van der Waals surface area (Å²) in [7, 11) is 1.62. The molecule has 1 heterocycles. The fraction of sp³-hybridized carbons (Fsp3) is 0.267. The second-order valence-corrected chi connectivity index (χ2v) is 4.65. The minimum absolute atomic E-state index is 0.168. The maximum absolute atomic E-state index is 8.82. The van der Waals surface area contributed by atoms with Gasteiger partial charge in [-0.3, -0.25) is 4.68 Å². The highest BCUT2D eigenvalue weighted by atomic mass is 35.5. The lowest BCUT2D eigenvalue weighted by Gasteiger charge is -2.08. The number of ether oxygens (including phenoxy) is 1. The Hall–Kier alpha value is -1.96. The lowest BCUT2D eigenvalue weighted by molar-refractivity contribution is 0.350. The molecule has 0 fully saturated rings. The first kappa shape index (κ1) is 14.4. The molecule has 1 aromatic heterocycles. The molecule has 0 unspecified atom stereocenters. The molecular weight excluding hydrogens is 276 g/mol. The van der Waals surface area contributed by atoms with E-state index in [0.717, 1.165) is 22.6 Å². The summed E-state index contributed by atoms with van der Waals surface area (Å²) in [4.78, 5) is 0. The molecule has 0 spiro atoms. The summed E-state index contributed by atoms with van der Waals surface area (Å²) in [5.41, 5.74) is 2.59. The van der Waals surface area contributed by atoms with E-state index < -0.39 is 0 Å². The number of methoxy groups -OCH3 is 1. The van der Waals surface area contributed by atoms with Crippen LogP contribution >= 0.6 is 11.6 Å². The van der Waals surface area contributed by atoms with Gasteiger partial charge in [-0.1, -0.05) is 23.4 Å². The molecule has 0 bridgehead atoms. The number of hydrogen-bond acceptors (Lipinski definition) is 3. The Bertz CT molecular complexity index is 649. The monoisotopic (exact) mass is 290 g/mol. The Kier molecular flexibility index (Phi) is 4.67. The molecule has 0 aliphatic heterocycles. The second-order valence-electron chi connectivity index (χ2n) is 4.24. The number of nitrogens with zero attached hydrogens (tertiary/aromatic N) is 2. The second kappa shape index (κ2) is 6.47. The van der Waals surface area contributed by atoms with Gasteiger partial charge in [-0.25, -0.2) is 0 Å². The Morgan fingerprint density at radius 3 is 2.85 bits per heavy atom. The molecule has 20 heavy (non-hydrogen) atoms. The van der Waals surface area contributed by atoms with Crippen LogP contribution in [-0.2, 0) is 6.54 Å². The Morgan fingerprint density at radius 2 is 2.25 bits per heavy atom. The summed E-state index contributed by atoms with van der Waals surface area (Å²) < 4.78 is 6.99. The van der Waals surface area contributed by atoms with Gasteiger partial charge in [-0.15, -0.1) is 0 Å². The number of aryl methyl sites for hydroxylation is 1. The van der Waals surface area contributed by atoms with Crippen molar-refractivity contribution < 1.29 is 9.84 Å². The molecular formula is C15H15ClN2O2. The third-order valence-corrected chi connectivity index (χ3v) is 3.20. The van der Waals surface area contributed by atoms with E-state index in [-0.39, 0.29) is 6.61 Å². The number of aromatic nitrogens is 2. The molecule has 0 aliphatic rings. The fourth-order valence-electron chi connectivity index (χ4n) is 1.83. The first-order valence-corrected chi connectivity index (χ1v) is 6.48. The Labute approximate surface area is 122 Å². The highest BCUT2D eigenvalue weighted by Crippen LogP contribution is 2.19. The molecule has 0 aliphatic carbocycles. The molecule has 4 nitrogen and oxygen atoms in total. The Morgan fingerprint density at radius 1 is 1.45 bits per heavy atom. The minimum Gasteiger partial charge on any atom is -0.497 e. The molecule has 0 saturated carbocycles. The molecule has 1 N–H and O–H groups in total. The zero-order valence-electron chi connectivity index (χ0n) is 11.4. The number of aliphatic hydroxyl groups is 1. The fourth-order valence-corrected chi connectivity index (χ4v) is 1.98. The van der Waals surface area contributed by atoms with Crippen LogP contribution in [-0.4, -0.2) is 28.6 Å². The van der Waals surface area contributed by atoms with E-state index in [9.17, 15) is 0 Å². The summed E-state index contributed by atoms with van der Waals surface area (Å²) >= 11 is 6.01. The topological polar surface area (TPSA) is 47.3 Å². The predicted molar refractivity (Wildman–Crippen MR) is 78.0 cm³/mol. The summed E-state index contributed by atoms with van der Waals surface area (Å²) in [6.45, 7) is 2.23. The lowest BCUT2D eigenvalue weighted by Crippen LogP contribution is -2.03. The van der Waals surface area contributed by atoms with Crippen molar-refractivity contribution in [1.82, 2.24) is 9.78 Å². The molecule has 2 aromatic rings. The smallest absolute Gasteiger partial charge is 0.119 e. The largest absolute Gasteiger partial charge is 0.497 e. The van der Waals surface area contributed by atoms with Gasteiger partial charge in [0.2, 0.25) is 0 Å². The van der Waals surface area contributed by atoms with Gasteiger partial charge in [0.05, 0.1) is 24.4 Å². The number of benzene rings is 1. The molecule has 0 radical (unpaired) electrons. The third-order valence-electron chi connectivity index (χ3n) is 2.83. The predicted octanol–water partition coefficient (Wildman–Crippen LogP) is 2.25. The number of halogens is 1. The molecule has 2 rings (SSSR count). The summed E-state index contributed by atoms with van der Waals surface area (Å²) in [5, 5.41) is 13.8. The van der Waals surface area contributed by atoms with E-state index in [1.54, 1.807) is 18.0 Å². The summed E-state index contributed by atoms with van der Waals surface area (Å²) in [6.07, 6.45) is 1.78. The van der Waals surface area contributed by atoms with E-state index in [2.05, 4.69) is 16.9 Å². The van der Waals surface area contributed by atoms with Crippen LogP contribution in [0, 0.1) is 18.8 Å². The van der Waals surface area contributed by atoms with Crippen LogP contribution < -0.4 is 4.74 Å². The molecule has 5 heteroatoms. The van der Waals surface area contributed by atoms with E-state index in [4.69, 9.17) is 21.4 Å². The average molecular weight is 291 g/mol. The number of rotatable bonds is 3. The van der Waals surface area contributed by atoms with Crippen LogP contribution in [0.1, 0.15) is 16.8 Å². The van der Waals surface area contributed by atoms with Crippen molar-refractivity contribution in [2.45, 2.75) is 13.5 Å². The van der Waals surface area contributed by atoms with Crippen LogP contribution in [0.5, 0.6) is 5.75 Å². The van der Waals surface area contributed by atoms with Gasteiger partial charge in [0.15, 0.2) is 0 Å². The van der Waals surface area contributed by atoms with Crippen LogP contribution in [0.15, 0.2) is 24.4 Å². The van der Waals surface area contributed by atoms with E-state index in [1.807, 2.05) is 25.1 Å². The van der Waals surface area contributed by atoms with Crippen LogP contribution in [0.4, 0.5) is 0 Å². The van der Waals surface area contributed by atoms with Crippen molar-refractivity contribution in [3.8, 4) is 17.6 Å². The van der Waals surface area contributed by atoms with Gasteiger partial charge in [0.25, 0.3) is 0 Å². The van der Waals surface area contributed by atoms with Gasteiger partial charge in [-0.2, -0.15) is 5.10 Å². The van der Waals surface area contributed by atoms with E-state index in [0.29, 0.717) is 11.6 Å². The van der Waals surface area contributed by atoms with Crippen molar-refractivity contribution in [3.05, 3.63) is 46.2 Å². The van der Waals surface area contributed by atoms with Gasteiger partial charge in [-0.05, 0) is 30.7 Å². The maximum Gasteiger partial charge on any atom is 0.119 e. The average Bonchev–Trinajstić information content (AvgIpc) is 2.75. The van der Waals surface area contributed by atoms with E-state index in [1.165, 1.54) is 0 Å². The molecule has 104 valence electrons. The third kappa shape index (κ3) is 3.32. The SMILES string of the molecule is COc1ccc(C#CCO)c(Cn2cc(Cl)c(C)n2)c1. The number of aliphatic hydroxyl groups excluding tert-OH is 1. The van der Waals surface area contributed by atoms with Crippen molar-refractivity contribution in [2.24, 2.45) is 0 Å². The molecule has 1 aromatic carbocycles. The van der Waals surface area contributed by atoms with E-state index >= 15 is 0 Å². The quantitative estimate of drug-likeness (QED) is 0.882. The normalized spacial score (nSPS) is 10.0. The van der Waals surface area contributed by atoms with Gasteiger partial charge in [0.1, 0.15) is 12.4 Å². The van der Waals surface area contributed by atoms with Crippen molar-refractivity contribution >= 4 is 11.6 Å². The van der Waals surface area contributed by atoms with Gasteiger partial charge < -0.3 is 9.84 Å².